The fraction of sp³-hybridized carbons (Fsp3) is 0.242. The van der Waals surface area contributed by atoms with E-state index in [2.05, 4.69) is 0 Å². The van der Waals surface area contributed by atoms with Crippen molar-refractivity contribution in [1.82, 2.24) is 0 Å². The quantitative estimate of drug-likeness (QED) is 0.270. The third-order valence-electron chi connectivity index (χ3n) is 8.77. The molecule has 2 aromatic carbocycles. The predicted octanol–water partition coefficient (Wildman–Crippen LogP) is 3.98. The number of aromatic carboxylic acids is 1. The minimum Gasteiger partial charge on any atom is -0.507 e. The largest absolute Gasteiger partial charge is 0.507 e. The molecule has 1 fully saturated rings. The molecule has 0 bridgehead atoms. The first-order chi connectivity index (χ1) is 20.5. The highest BCUT2D eigenvalue weighted by Crippen LogP contribution is 2.53. The van der Waals surface area contributed by atoms with Crippen molar-refractivity contribution in [2.45, 2.75) is 19.8 Å². The van der Waals surface area contributed by atoms with Gasteiger partial charge in [0.15, 0.2) is 23.1 Å². The van der Waals surface area contributed by atoms with Crippen LogP contribution in [0.4, 0.5) is 5.69 Å². The molecule has 43 heavy (non-hydrogen) atoms. The van der Waals surface area contributed by atoms with Crippen LogP contribution in [0.2, 0.25) is 0 Å². The lowest BCUT2D eigenvalue weighted by Gasteiger charge is -2.41. The smallest absolute Gasteiger partial charge is 0.339 e. The van der Waals surface area contributed by atoms with Crippen LogP contribution < -0.4 is 9.64 Å². The summed E-state index contributed by atoms with van der Waals surface area (Å²) in [5, 5.41) is 29.5. The highest BCUT2D eigenvalue weighted by Gasteiger charge is 2.56. The Bertz CT molecular complexity index is 1780. The number of rotatable bonds is 5. The van der Waals surface area contributed by atoms with Gasteiger partial charge in [0.25, 0.3) is 0 Å². The van der Waals surface area contributed by atoms with Crippen LogP contribution in [-0.4, -0.2) is 51.8 Å². The van der Waals surface area contributed by atoms with Gasteiger partial charge < -0.3 is 20.1 Å². The van der Waals surface area contributed by atoms with Gasteiger partial charge in [-0.2, -0.15) is 0 Å². The monoisotopic (exact) mass is 581 g/mol. The van der Waals surface area contributed by atoms with Crippen LogP contribution in [0, 0.1) is 23.7 Å². The van der Waals surface area contributed by atoms with Crippen molar-refractivity contribution in [3.05, 3.63) is 88.0 Å². The highest BCUT2D eigenvalue weighted by molar-refractivity contribution is 6.25. The van der Waals surface area contributed by atoms with Gasteiger partial charge in [0.2, 0.25) is 11.8 Å². The summed E-state index contributed by atoms with van der Waals surface area (Å²) in [5.74, 6) is -5.94. The molecular weight excluding hydrogens is 554 g/mol. The number of fused-ring (bicyclic) bond motifs is 3. The second kappa shape index (κ2) is 10.2. The van der Waals surface area contributed by atoms with Gasteiger partial charge in [-0.1, -0.05) is 29.9 Å². The van der Waals surface area contributed by atoms with E-state index in [0.29, 0.717) is 22.3 Å². The van der Waals surface area contributed by atoms with Crippen molar-refractivity contribution in [3.8, 4) is 17.2 Å². The number of phenolic OH excluding ortho intramolecular Hbond substituents is 1. The molecule has 6 rings (SSSR count). The zero-order valence-electron chi connectivity index (χ0n) is 23.2. The molecule has 0 spiro atoms. The van der Waals surface area contributed by atoms with E-state index in [0.717, 1.165) is 22.6 Å². The number of carbonyl (C=O) groups is 5. The number of phenols is 2. The minimum absolute atomic E-state index is 0.0305. The topological polar surface area (TPSA) is 159 Å². The van der Waals surface area contributed by atoms with Gasteiger partial charge in [-0.15, -0.1) is 0 Å². The molecule has 2 aromatic rings. The number of carboxylic acid groups (broad SMARTS) is 1. The van der Waals surface area contributed by atoms with E-state index < -0.39 is 47.2 Å². The maximum absolute atomic E-state index is 13.9. The summed E-state index contributed by atoms with van der Waals surface area (Å²) >= 11 is 0. The zero-order chi connectivity index (χ0) is 30.7. The number of nitrogens with zero attached hydrogens (tertiary/aromatic N) is 1. The van der Waals surface area contributed by atoms with Crippen molar-refractivity contribution in [2.75, 3.05) is 12.0 Å². The molecule has 0 radical (unpaired) electrons. The first-order valence-electron chi connectivity index (χ1n) is 13.7. The summed E-state index contributed by atoms with van der Waals surface area (Å²) in [6.45, 7) is 1.59. The van der Waals surface area contributed by atoms with Gasteiger partial charge in [-0.3, -0.25) is 19.2 Å². The maximum atomic E-state index is 13.9. The number of carboxylic acids is 1. The summed E-state index contributed by atoms with van der Waals surface area (Å²) in [7, 11) is 1.43. The third kappa shape index (κ3) is 4.37. The van der Waals surface area contributed by atoms with Gasteiger partial charge in [0.05, 0.1) is 24.6 Å². The fourth-order valence-electron chi connectivity index (χ4n) is 6.74. The number of hydrogen-bond donors (Lipinski definition) is 3. The summed E-state index contributed by atoms with van der Waals surface area (Å²) in [4.78, 5) is 66.5. The Morgan fingerprint density at radius 2 is 1.77 bits per heavy atom. The Labute approximate surface area is 245 Å². The average molecular weight is 582 g/mol. The van der Waals surface area contributed by atoms with Crippen LogP contribution in [0.3, 0.4) is 0 Å². The summed E-state index contributed by atoms with van der Waals surface area (Å²) in [6.07, 6.45) is 7.09. The lowest BCUT2D eigenvalue weighted by molar-refractivity contribution is -0.123. The van der Waals surface area contributed by atoms with Gasteiger partial charge in [-0.25, -0.2) is 9.69 Å². The van der Waals surface area contributed by atoms with Crippen LogP contribution in [0.15, 0.2) is 76.9 Å². The molecule has 218 valence electrons. The molecule has 10 nitrogen and oxygen atoms in total. The van der Waals surface area contributed by atoms with E-state index in [1.54, 1.807) is 31.2 Å². The average Bonchev–Trinajstić information content (AvgIpc) is 3.23. The van der Waals surface area contributed by atoms with Gasteiger partial charge >= 0.3 is 5.97 Å². The molecule has 3 aliphatic carbocycles. The number of benzene rings is 2. The Hall–Kier alpha value is -5.25. The Morgan fingerprint density at radius 1 is 1.00 bits per heavy atom. The lowest BCUT2D eigenvalue weighted by atomic mass is 9.60. The van der Waals surface area contributed by atoms with Crippen LogP contribution in [-0.2, 0) is 19.2 Å². The molecule has 10 heteroatoms. The van der Waals surface area contributed by atoms with Crippen molar-refractivity contribution >= 4 is 41.1 Å². The van der Waals surface area contributed by atoms with E-state index in [1.807, 2.05) is 6.08 Å². The molecule has 0 unspecified atom stereocenters. The number of ketones is 2. The number of methoxy groups -OCH3 is 1. The standard InChI is InChI=1S/C33H27NO9/c1-15-11-25(36)23-14-22-18(19(28(23)30(15)38)6-3-16-4-10-24(35)27(12-16)43-2)8-9-21-29(22)32(40)34(31(21)39)17-5-7-20(33(41)42)26(37)13-17/h3-8,10-13,19,21-22,29,35,37H,9,14H2,1-2H3,(H,41,42)/t19-,21-,22+,29-/m0/s1. The number of ether oxygens (including phenoxy) is 1. The number of imide groups is 1. The van der Waals surface area contributed by atoms with E-state index in [9.17, 15) is 39.3 Å². The van der Waals surface area contributed by atoms with Crippen molar-refractivity contribution < 1.29 is 44.0 Å². The molecule has 0 saturated carbocycles. The molecule has 1 saturated heterocycles. The van der Waals surface area contributed by atoms with Crippen LogP contribution in [0.25, 0.3) is 6.08 Å². The number of aromatic hydroxyl groups is 2. The predicted molar refractivity (Wildman–Crippen MR) is 153 cm³/mol. The molecular formula is C33H27NO9. The second-order valence-electron chi connectivity index (χ2n) is 11.1. The van der Waals surface area contributed by atoms with Crippen LogP contribution in [0.5, 0.6) is 17.2 Å². The summed E-state index contributed by atoms with van der Waals surface area (Å²) in [5.41, 5.74) is 2.14. The molecule has 2 amide bonds. The Balaban J connectivity index is 1.41. The minimum atomic E-state index is -1.35. The van der Waals surface area contributed by atoms with Crippen LogP contribution in [0.1, 0.15) is 35.7 Å². The van der Waals surface area contributed by atoms with E-state index in [1.165, 1.54) is 25.3 Å². The Morgan fingerprint density at radius 3 is 2.47 bits per heavy atom. The first-order valence-corrected chi connectivity index (χ1v) is 13.7. The molecule has 4 aliphatic rings. The number of amides is 2. The van der Waals surface area contributed by atoms with Gasteiger partial charge in [-0.05, 0) is 61.6 Å². The first kappa shape index (κ1) is 27.9. The van der Waals surface area contributed by atoms with Crippen LogP contribution >= 0.6 is 0 Å². The van der Waals surface area contributed by atoms with E-state index >= 15 is 0 Å². The number of anilines is 1. The molecule has 4 atom stereocenters. The molecule has 0 aromatic heterocycles. The molecule has 1 heterocycles. The van der Waals surface area contributed by atoms with E-state index in [4.69, 9.17) is 4.74 Å². The lowest BCUT2D eigenvalue weighted by Crippen LogP contribution is -2.40. The SMILES string of the molecule is COc1cc(C=C[C@H]2C3=CC[C@@H]4C(=O)N(c5ccc(C(=O)O)c(O)c5)C(=O)[C@@H]4[C@@H]3CC3=C2C(=O)C(C)=CC3=O)ccc1O. The van der Waals surface area contributed by atoms with Gasteiger partial charge in [0.1, 0.15) is 11.3 Å². The molecule has 1 aliphatic heterocycles. The normalized spacial score (nSPS) is 24.9. The van der Waals surface area contributed by atoms with Gasteiger partial charge in [0, 0.05) is 28.7 Å². The number of hydrogen-bond acceptors (Lipinski definition) is 8. The third-order valence-corrected chi connectivity index (χ3v) is 8.77. The highest BCUT2D eigenvalue weighted by atomic mass is 16.5. The Kier molecular flexibility index (Phi) is 6.64. The zero-order valence-corrected chi connectivity index (χ0v) is 23.2. The summed E-state index contributed by atoms with van der Waals surface area (Å²) < 4.78 is 5.21. The second-order valence-corrected chi connectivity index (χ2v) is 11.1. The van der Waals surface area contributed by atoms with Crippen molar-refractivity contribution in [2.24, 2.45) is 23.7 Å². The number of allylic oxidation sites excluding steroid dienone is 7. The maximum Gasteiger partial charge on any atom is 0.339 e. The van der Waals surface area contributed by atoms with Crippen molar-refractivity contribution in [3.63, 3.8) is 0 Å². The molecule has 3 N–H and O–H groups in total. The van der Waals surface area contributed by atoms with Crippen molar-refractivity contribution in [1.29, 1.82) is 0 Å². The number of carbonyl (C=O) groups excluding carboxylic acids is 4. The fourth-order valence-corrected chi connectivity index (χ4v) is 6.74. The number of Topliss-reactive ketones (excluding diaryl/α,β-unsaturated/α-hetero) is 1. The summed E-state index contributed by atoms with van der Waals surface area (Å²) in [6, 6.07) is 8.32. The van der Waals surface area contributed by atoms with E-state index in [-0.39, 0.29) is 47.2 Å².